The molecule has 28 heavy (non-hydrogen) atoms. The van der Waals surface area contributed by atoms with Crippen LogP contribution in [0.3, 0.4) is 0 Å². The Kier molecular flexibility index (Phi) is 4.91. The van der Waals surface area contributed by atoms with Gasteiger partial charge in [0.2, 0.25) is 11.8 Å². The lowest BCUT2D eigenvalue weighted by Gasteiger charge is -2.24. The molecule has 0 bridgehead atoms. The molecular formula is C19H18N4O4S. The van der Waals surface area contributed by atoms with Crippen molar-refractivity contribution in [3.05, 3.63) is 56.6 Å². The minimum atomic E-state index is -0.458. The Morgan fingerprint density at radius 2 is 2.04 bits per heavy atom. The zero-order valence-electron chi connectivity index (χ0n) is 15.0. The molecule has 4 rings (SSSR count). The smallest absolute Gasteiger partial charge is 0.269 e. The van der Waals surface area contributed by atoms with Crippen molar-refractivity contribution in [1.82, 2.24) is 9.88 Å². The molecule has 1 saturated carbocycles. The van der Waals surface area contributed by atoms with E-state index in [4.69, 9.17) is 0 Å². The summed E-state index contributed by atoms with van der Waals surface area (Å²) in [5, 5.41) is 14.2. The third-order valence-electron chi connectivity index (χ3n) is 4.74. The monoisotopic (exact) mass is 398 g/mol. The van der Waals surface area contributed by atoms with Gasteiger partial charge in [0.15, 0.2) is 5.13 Å². The number of nitrogens with one attached hydrogen (secondary N) is 1. The fourth-order valence-electron chi connectivity index (χ4n) is 2.97. The first kappa shape index (κ1) is 18.3. The molecule has 1 N–H and O–H groups in total. The second-order valence-electron chi connectivity index (χ2n) is 6.84. The predicted octanol–water partition coefficient (Wildman–Crippen LogP) is 3.00. The molecule has 1 aliphatic heterocycles. The summed E-state index contributed by atoms with van der Waals surface area (Å²) >= 11 is 1.42. The number of rotatable bonds is 5. The lowest BCUT2D eigenvalue weighted by atomic mass is 10.1. The van der Waals surface area contributed by atoms with Crippen molar-refractivity contribution in [2.75, 3.05) is 11.9 Å². The third-order valence-corrected chi connectivity index (χ3v) is 5.74. The number of fused-ring (bicyclic) bond motifs is 1. The topological polar surface area (TPSA) is 105 Å². The average molecular weight is 398 g/mol. The van der Waals surface area contributed by atoms with E-state index >= 15 is 0 Å². The van der Waals surface area contributed by atoms with Crippen molar-refractivity contribution in [3.63, 3.8) is 0 Å². The van der Waals surface area contributed by atoms with E-state index in [0.29, 0.717) is 24.6 Å². The second-order valence-corrected chi connectivity index (χ2v) is 7.93. The van der Waals surface area contributed by atoms with Crippen molar-refractivity contribution in [2.24, 2.45) is 5.92 Å². The number of anilines is 1. The van der Waals surface area contributed by atoms with Gasteiger partial charge >= 0.3 is 0 Å². The summed E-state index contributed by atoms with van der Waals surface area (Å²) in [4.78, 5) is 41.8. The molecule has 0 radical (unpaired) electrons. The Morgan fingerprint density at radius 3 is 2.71 bits per heavy atom. The number of hydrogen-bond donors (Lipinski definition) is 1. The molecular weight excluding hydrogens is 380 g/mol. The van der Waals surface area contributed by atoms with Crippen LogP contribution in [-0.2, 0) is 22.6 Å². The molecule has 1 aromatic carbocycles. The third kappa shape index (κ3) is 4.09. The zero-order valence-corrected chi connectivity index (χ0v) is 15.8. The Labute approximate surface area is 165 Å². The summed E-state index contributed by atoms with van der Waals surface area (Å²) in [5.74, 6) is 0.0367. The SMILES string of the molecule is O=C(Nc1nc2c(s1)CN(C(=O)/C=C/c1ccc([N+](=O)[O-])cc1)CC2)C1CC1. The quantitative estimate of drug-likeness (QED) is 0.473. The molecule has 2 aromatic rings. The number of carbonyl (C=O) groups excluding carboxylic acids is 2. The maximum absolute atomic E-state index is 12.5. The van der Waals surface area contributed by atoms with Gasteiger partial charge in [-0.15, -0.1) is 0 Å². The number of hydrogen-bond acceptors (Lipinski definition) is 6. The number of nitrogens with zero attached hydrogens (tertiary/aromatic N) is 3. The van der Waals surface area contributed by atoms with Gasteiger partial charge in [-0.25, -0.2) is 4.98 Å². The lowest BCUT2D eigenvalue weighted by molar-refractivity contribution is -0.384. The molecule has 0 spiro atoms. The molecule has 2 amide bonds. The Balaban J connectivity index is 1.37. The first-order chi connectivity index (χ1) is 13.5. The van der Waals surface area contributed by atoms with Crippen LogP contribution in [0.25, 0.3) is 6.08 Å². The van der Waals surface area contributed by atoms with Gasteiger partial charge in [-0.05, 0) is 36.6 Å². The fourth-order valence-corrected chi connectivity index (χ4v) is 4.00. The number of non-ortho nitro benzene ring substituents is 1. The number of carbonyl (C=O) groups is 2. The van der Waals surface area contributed by atoms with Gasteiger partial charge in [0.25, 0.3) is 5.69 Å². The fraction of sp³-hybridized carbons (Fsp3) is 0.316. The van der Waals surface area contributed by atoms with E-state index in [-0.39, 0.29) is 23.4 Å². The van der Waals surface area contributed by atoms with Crippen LogP contribution in [0.5, 0.6) is 0 Å². The summed E-state index contributed by atoms with van der Waals surface area (Å²) < 4.78 is 0. The highest BCUT2D eigenvalue weighted by Crippen LogP contribution is 2.33. The molecule has 8 nitrogen and oxygen atoms in total. The van der Waals surface area contributed by atoms with E-state index in [1.54, 1.807) is 23.1 Å². The van der Waals surface area contributed by atoms with Gasteiger partial charge in [-0.3, -0.25) is 19.7 Å². The highest BCUT2D eigenvalue weighted by atomic mass is 32.1. The van der Waals surface area contributed by atoms with Crippen LogP contribution in [0.4, 0.5) is 10.8 Å². The van der Waals surface area contributed by atoms with E-state index in [0.717, 1.165) is 29.0 Å². The van der Waals surface area contributed by atoms with E-state index in [1.807, 2.05) is 0 Å². The average Bonchev–Trinajstić information content (AvgIpc) is 3.46. The van der Waals surface area contributed by atoms with Gasteiger partial charge < -0.3 is 10.2 Å². The second kappa shape index (κ2) is 7.51. The molecule has 1 fully saturated rings. The molecule has 9 heteroatoms. The van der Waals surface area contributed by atoms with E-state index in [9.17, 15) is 19.7 Å². The lowest BCUT2D eigenvalue weighted by Crippen LogP contribution is -2.34. The number of amides is 2. The van der Waals surface area contributed by atoms with Crippen LogP contribution in [0, 0.1) is 16.0 Å². The summed E-state index contributed by atoms with van der Waals surface area (Å²) in [5.41, 5.74) is 1.68. The number of nitro benzene ring substituents is 1. The van der Waals surface area contributed by atoms with Gasteiger partial charge in [-0.1, -0.05) is 11.3 Å². The molecule has 0 atom stereocenters. The summed E-state index contributed by atoms with van der Waals surface area (Å²) in [7, 11) is 0. The van der Waals surface area contributed by atoms with Gasteiger partial charge in [0, 0.05) is 42.0 Å². The van der Waals surface area contributed by atoms with Crippen LogP contribution in [0.2, 0.25) is 0 Å². The predicted molar refractivity (Wildman–Crippen MR) is 105 cm³/mol. The van der Waals surface area contributed by atoms with Crippen LogP contribution in [0.15, 0.2) is 30.3 Å². The van der Waals surface area contributed by atoms with E-state index in [2.05, 4.69) is 10.3 Å². The minimum Gasteiger partial charge on any atom is -0.334 e. The van der Waals surface area contributed by atoms with Gasteiger partial charge in [-0.2, -0.15) is 0 Å². The summed E-state index contributed by atoms with van der Waals surface area (Å²) in [6, 6.07) is 6.03. The molecule has 0 saturated heterocycles. The Bertz CT molecular complexity index is 963. The summed E-state index contributed by atoms with van der Waals surface area (Å²) in [6.45, 7) is 1.03. The van der Waals surface area contributed by atoms with Crippen molar-refractivity contribution in [2.45, 2.75) is 25.8 Å². The van der Waals surface area contributed by atoms with Crippen LogP contribution in [-0.4, -0.2) is 33.2 Å². The standard InChI is InChI=1S/C19H18N4O4S/c24-17(8-3-12-1-6-14(7-2-12)23(26)27)22-10-9-15-16(11-22)28-19(20-15)21-18(25)13-4-5-13/h1-3,6-8,13H,4-5,9-11H2,(H,20,21,25)/b8-3+. The van der Waals surface area contributed by atoms with Crippen molar-refractivity contribution >= 4 is 40.0 Å². The molecule has 2 heterocycles. The van der Waals surface area contributed by atoms with Crippen LogP contribution < -0.4 is 5.32 Å². The van der Waals surface area contributed by atoms with E-state index < -0.39 is 4.92 Å². The van der Waals surface area contributed by atoms with Crippen molar-refractivity contribution in [1.29, 1.82) is 0 Å². The van der Waals surface area contributed by atoms with Crippen LogP contribution in [0.1, 0.15) is 29.0 Å². The van der Waals surface area contributed by atoms with E-state index in [1.165, 1.54) is 29.5 Å². The Hall–Kier alpha value is -3.07. The number of benzene rings is 1. The Morgan fingerprint density at radius 1 is 1.29 bits per heavy atom. The maximum atomic E-state index is 12.5. The first-order valence-corrected chi connectivity index (χ1v) is 9.82. The molecule has 1 aliphatic carbocycles. The largest absolute Gasteiger partial charge is 0.334 e. The minimum absolute atomic E-state index is 0.0156. The first-order valence-electron chi connectivity index (χ1n) is 9.00. The van der Waals surface area contributed by atoms with Crippen LogP contribution >= 0.6 is 11.3 Å². The van der Waals surface area contributed by atoms with Crippen molar-refractivity contribution < 1.29 is 14.5 Å². The molecule has 2 aliphatic rings. The normalized spacial score (nSPS) is 16.1. The number of nitro groups is 1. The highest BCUT2D eigenvalue weighted by molar-refractivity contribution is 7.15. The number of thiazole rings is 1. The molecule has 1 aromatic heterocycles. The maximum Gasteiger partial charge on any atom is 0.269 e. The molecule has 144 valence electrons. The molecule has 0 unspecified atom stereocenters. The van der Waals surface area contributed by atoms with Gasteiger partial charge in [0.05, 0.1) is 17.2 Å². The van der Waals surface area contributed by atoms with Gasteiger partial charge in [0.1, 0.15) is 0 Å². The van der Waals surface area contributed by atoms with Crippen molar-refractivity contribution in [3.8, 4) is 0 Å². The highest BCUT2D eigenvalue weighted by Gasteiger charge is 2.31. The zero-order chi connectivity index (χ0) is 19.7. The summed E-state index contributed by atoms with van der Waals surface area (Å²) in [6.07, 6.45) is 5.67. The number of aromatic nitrogens is 1.